The molecule has 2 heterocycles. The number of hydrogen-bond donors (Lipinski definition) is 0. The Morgan fingerprint density at radius 3 is 2.95 bits per heavy atom. The number of rotatable bonds is 5. The predicted octanol–water partition coefficient (Wildman–Crippen LogP) is 2.29. The maximum Gasteiger partial charge on any atom is 0.161 e. The molecule has 0 amide bonds. The average molecular weight is 295 g/mol. The highest BCUT2D eigenvalue weighted by Crippen LogP contribution is 2.24. The Morgan fingerprint density at radius 1 is 1.29 bits per heavy atom. The van der Waals surface area contributed by atoms with Crippen LogP contribution in [0.2, 0.25) is 0 Å². The number of ether oxygens (including phenoxy) is 3. The van der Waals surface area contributed by atoms with Crippen LogP contribution in [0.25, 0.3) is 0 Å². The molecule has 1 aromatic rings. The SMILES string of the molecule is Fc1cccc(OCCN2CCC[C@@H](C3OCCO3)C2)c1. The third-order valence-corrected chi connectivity index (χ3v) is 4.05. The Labute approximate surface area is 124 Å². The Kier molecular flexibility index (Phi) is 5.06. The molecule has 21 heavy (non-hydrogen) atoms. The van der Waals surface area contributed by atoms with Gasteiger partial charge in [0.2, 0.25) is 0 Å². The lowest BCUT2D eigenvalue weighted by Crippen LogP contribution is -2.42. The Morgan fingerprint density at radius 2 is 2.14 bits per heavy atom. The van der Waals surface area contributed by atoms with Crippen molar-refractivity contribution in [2.75, 3.05) is 39.5 Å². The fraction of sp³-hybridized carbons (Fsp3) is 0.625. The van der Waals surface area contributed by atoms with E-state index in [1.807, 2.05) is 0 Å². The zero-order valence-corrected chi connectivity index (χ0v) is 12.2. The summed E-state index contributed by atoms with van der Waals surface area (Å²) in [5.74, 6) is 0.780. The summed E-state index contributed by atoms with van der Waals surface area (Å²) in [6.45, 7) is 4.91. The van der Waals surface area contributed by atoms with Crippen molar-refractivity contribution in [3.8, 4) is 5.75 Å². The first-order valence-electron chi connectivity index (χ1n) is 7.65. The van der Waals surface area contributed by atoms with Gasteiger partial charge in [-0.3, -0.25) is 4.90 Å². The molecule has 0 unspecified atom stereocenters. The van der Waals surface area contributed by atoms with Gasteiger partial charge in [0.15, 0.2) is 6.29 Å². The Balaban J connectivity index is 1.42. The number of likely N-dealkylation sites (tertiary alicyclic amines) is 1. The molecule has 3 rings (SSSR count). The largest absolute Gasteiger partial charge is 0.492 e. The third kappa shape index (κ3) is 4.15. The standard InChI is InChI=1S/C16H22FNO3/c17-14-4-1-5-15(11-14)19-8-7-18-6-2-3-13(12-18)16-20-9-10-21-16/h1,4-5,11,13,16H,2-3,6-10,12H2/t13-/m1/s1. The number of nitrogens with zero attached hydrogens (tertiary/aromatic N) is 1. The molecular formula is C16H22FNO3. The predicted molar refractivity (Wildman–Crippen MR) is 76.8 cm³/mol. The second kappa shape index (κ2) is 7.20. The van der Waals surface area contributed by atoms with Crippen LogP contribution in [-0.4, -0.2) is 50.6 Å². The molecule has 2 saturated heterocycles. The summed E-state index contributed by atoms with van der Waals surface area (Å²) in [6.07, 6.45) is 2.29. The summed E-state index contributed by atoms with van der Waals surface area (Å²) >= 11 is 0. The van der Waals surface area contributed by atoms with E-state index in [9.17, 15) is 4.39 Å². The van der Waals surface area contributed by atoms with Gasteiger partial charge in [-0.05, 0) is 31.5 Å². The molecule has 4 nitrogen and oxygen atoms in total. The van der Waals surface area contributed by atoms with Crippen LogP contribution >= 0.6 is 0 Å². The van der Waals surface area contributed by atoms with E-state index in [0.29, 0.717) is 31.5 Å². The molecule has 0 bridgehead atoms. The van der Waals surface area contributed by atoms with Crippen molar-refractivity contribution in [1.82, 2.24) is 4.90 Å². The van der Waals surface area contributed by atoms with Crippen LogP contribution in [0.15, 0.2) is 24.3 Å². The molecular weight excluding hydrogens is 273 g/mol. The van der Waals surface area contributed by atoms with Crippen molar-refractivity contribution in [3.63, 3.8) is 0 Å². The maximum atomic E-state index is 13.1. The van der Waals surface area contributed by atoms with Crippen molar-refractivity contribution < 1.29 is 18.6 Å². The van der Waals surface area contributed by atoms with Crippen LogP contribution in [0.3, 0.4) is 0 Å². The van der Waals surface area contributed by atoms with Gasteiger partial charge in [-0.15, -0.1) is 0 Å². The van der Waals surface area contributed by atoms with Crippen LogP contribution in [0, 0.1) is 11.7 Å². The van der Waals surface area contributed by atoms with Crippen molar-refractivity contribution in [2.24, 2.45) is 5.92 Å². The molecule has 1 aromatic carbocycles. The zero-order valence-electron chi connectivity index (χ0n) is 12.2. The van der Waals surface area contributed by atoms with Crippen molar-refractivity contribution in [2.45, 2.75) is 19.1 Å². The van der Waals surface area contributed by atoms with Gasteiger partial charge < -0.3 is 14.2 Å². The first-order chi connectivity index (χ1) is 10.3. The summed E-state index contributed by atoms with van der Waals surface area (Å²) in [5, 5.41) is 0. The van der Waals surface area contributed by atoms with Gasteiger partial charge in [0.1, 0.15) is 18.2 Å². The second-order valence-corrected chi connectivity index (χ2v) is 5.62. The minimum absolute atomic E-state index is 0.0306. The fourth-order valence-electron chi connectivity index (χ4n) is 3.01. The maximum absolute atomic E-state index is 13.1. The van der Waals surface area contributed by atoms with Crippen LogP contribution in [0.1, 0.15) is 12.8 Å². The van der Waals surface area contributed by atoms with Crippen LogP contribution in [0.4, 0.5) is 4.39 Å². The summed E-state index contributed by atoms with van der Waals surface area (Å²) in [7, 11) is 0. The van der Waals surface area contributed by atoms with Gasteiger partial charge in [-0.1, -0.05) is 6.07 Å². The van der Waals surface area contributed by atoms with Gasteiger partial charge >= 0.3 is 0 Å². The first kappa shape index (κ1) is 14.8. The molecule has 2 fully saturated rings. The number of piperidine rings is 1. The highest BCUT2D eigenvalue weighted by Gasteiger charge is 2.30. The molecule has 0 radical (unpaired) electrons. The van der Waals surface area contributed by atoms with E-state index in [1.54, 1.807) is 12.1 Å². The molecule has 5 heteroatoms. The lowest BCUT2D eigenvalue weighted by atomic mass is 9.97. The van der Waals surface area contributed by atoms with Crippen LogP contribution in [-0.2, 0) is 9.47 Å². The molecule has 0 aromatic heterocycles. The quantitative estimate of drug-likeness (QED) is 0.834. The minimum atomic E-state index is -0.263. The molecule has 116 valence electrons. The van der Waals surface area contributed by atoms with E-state index < -0.39 is 0 Å². The summed E-state index contributed by atoms with van der Waals surface area (Å²) < 4.78 is 29.9. The first-order valence-corrected chi connectivity index (χ1v) is 7.65. The van der Waals surface area contributed by atoms with E-state index >= 15 is 0 Å². The molecule has 0 N–H and O–H groups in total. The van der Waals surface area contributed by atoms with Gasteiger partial charge in [0.05, 0.1) is 13.2 Å². The summed E-state index contributed by atoms with van der Waals surface area (Å²) in [5.41, 5.74) is 0. The molecule has 2 aliphatic rings. The van der Waals surface area contributed by atoms with Gasteiger partial charge in [0, 0.05) is 25.1 Å². The molecule has 0 saturated carbocycles. The lowest BCUT2D eigenvalue weighted by molar-refractivity contribution is -0.100. The van der Waals surface area contributed by atoms with Crippen LogP contribution < -0.4 is 4.74 Å². The van der Waals surface area contributed by atoms with Crippen molar-refractivity contribution >= 4 is 0 Å². The normalized spacial score (nSPS) is 24.3. The fourth-order valence-corrected chi connectivity index (χ4v) is 3.01. The van der Waals surface area contributed by atoms with E-state index in [4.69, 9.17) is 14.2 Å². The van der Waals surface area contributed by atoms with Gasteiger partial charge in [0.25, 0.3) is 0 Å². The lowest BCUT2D eigenvalue weighted by Gasteiger charge is -2.34. The number of benzene rings is 1. The van der Waals surface area contributed by atoms with Crippen LogP contribution in [0.5, 0.6) is 5.75 Å². The highest BCUT2D eigenvalue weighted by atomic mass is 19.1. The third-order valence-electron chi connectivity index (χ3n) is 4.05. The molecule has 2 aliphatic heterocycles. The second-order valence-electron chi connectivity index (χ2n) is 5.62. The minimum Gasteiger partial charge on any atom is -0.492 e. The molecule has 0 aliphatic carbocycles. The number of halogens is 1. The van der Waals surface area contributed by atoms with Gasteiger partial charge in [-0.25, -0.2) is 4.39 Å². The van der Waals surface area contributed by atoms with E-state index in [0.717, 1.165) is 32.5 Å². The Hall–Kier alpha value is -1.17. The summed E-state index contributed by atoms with van der Waals surface area (Å²) in [4.78, 5) is 2.37. The highest BCUT2D eigenvalue weighted by molar-refractivity contribution is 5.22. The zero-order chi connectivity index (χ0) is 14.5. The van der Waals surface area contributed by atoms with Crippen molar-refractivity contribution in [1.29, 1.82) is 0 Å². The topological polar surface area (TPSA) is 30.9 Å². The van der Waals surface area contributed by atoms with Gasteiger partial charge in [-0.2, -0.15) is 0 Å². The van der Waals surface area contributed by atoms with E-state index in [2.05, 4.69) is 4.90 Å². The average Bonchev–Trinajstić information content (AvgIpc) is 3.02. The monoisotopic (exact) mass is 295 g/mol. The smallest absolute Gasteiger partial charge is 0.161 e. The Bertz CT molecular complexity index is 451. The summed E-state index contributed by atoms with van der Waals surface area (Å²) in [6, 6.07) is 6.28. The molecule has 1 atom stereocenters. The van der Waals surface area contributed by atoms with E-state index in [-0.39, 0.29) is 12.1 Å². The number of hydrogen-bond acceptors (Lipinski definition) is 4. The molecule has 0 spiro atoms. The van der Waals surface area contributed by atoms with E-state index in [1.165, 1.54) is 12.1 Å². The van der Waals surface area contributed by atoms with Crippen molar-refractivity contribution in [3.05, 3.63) is 30.1 Å².